The number of carbonyl (C=O) groups is 1. The van der Waals surface area contributed by atoms with Crippen LogP contribution in [0.4, 0.5) is 11.6 Å². The fourth-order valence-electron chi connectivity index (χ4n) is 2.96. The van der Waals surface area contributed by atoms with Crippen LogP contribution in [0.15, 0.2) is 18.3 Å². The van der Waals surface area contributed by atoms with Gasteiger partial charge in [0.25, 0.3) is 0 Å². The van der Waals surface area contributed by atoms with Gasteiger partial charge in [-0.1, -0.05) is 0 Å². The third-order valence-electron chi connectivity index (χ3n) is 4.17. The van der Waals surface area contributed by atoms with Crippen molar-refractivity contribution in [2.24, 2.45) is 5.92 Å². The number of hydrogen-bond acceptors (Lipinski definition) is 6. The van der Waals surface area contributed by atoms with Crippen LogP contribution in [0, 0.1) is 17.2 Å². The number of nitrogens with zero attached hydrogens (tertiary/aromatic N) is 3. The van der Waals surface area contributed by atoms with E-state index < -0.39 is 0 Å². The molecule has 0 spiro atoms. The molecule has 0 aliphatic carbocycles. The number of nitrogens with one attached hydrogen (secondary N) is 3. The van der Waals surface area contributed by atoms with Gasteiger partial charge in [-0.3, -0.25) is 4.79 Å². The number of amides is 1. The predicted molar refractivity (Wildman–Crippen MR) is 97.2 cm³/mol. The molecular weight excluding hydrogens is 316 g/mol. The molecule has 0 saturated carbocycles. The summed E-state index contributed by atoms with van der Waals surface area (Å²) in [4.78, 5) is 21.1. The first-order chi connectivity index (χ1) is 12.1. The molecule has 1 aliphatic heterocycles. The van der Waals surface area contributed by atoms with E-state index in [1.807, 2.05) is 19.9 Å². The molecule has 1 amide bonds. The molecular formula is C18H22N6O. The third-order valence-corrected chi connectivity index (χ3v) is 4.17. The number of fused-ring (bicyclic) bond motifs is 1. The molecule has 1 aliphatic rings. The predicted octanol–water partition coefficient (Wildman–Crippen LogP) is 2.26. The van der Waals surface area contributed by atoms with E-state index in [4.69, 9.17) is 5.26 Å². The van der Waals surface area contributed by atoms with Crippen molar-refractivity contribution in [3.05, 3.63) is 24.0 Å². The van der Waals surface area contributed by atoms with Crippen molar-refractivity contribution in [3.8, 4) is 6.07 Å². The Bertz CT molecular complexity index is 820. The van der Waals surface area contributed by atoms with Crippen LogP contribution in [0.5, 0.6) is 0 Å². The molecule has 25 heavy (non-hydrogen) atoms. The number of hydrogen-bond donors (Lipinski definition) is 3. The Morgan fingerprint density at radius 2 is 2.28 bits per heavy atom. The lowest BCUT2D eigenvalue weighted by Gasteiger charge is -2.21. The molecule has 0 radical (unpaired) electrons. The number of anilines is 2. The number of pyridine rings is 2. The number of aromatic nitrogens is 2. The highest BCUT2D eigenvalue weighted by Crippen LogP contribution is 2.25. The molecule has 0 unspecified atom stereocenters. The lowest BCUT2D eigenvalue weighted by atomic mass is 9.99. The lowest BCUT2D eigenvalue weighted by molar-refractivity contribution is -0.120. The summed E-state index contributed by atoms with van der Waals surface area (Å²) in [6.45, 7) is 5.68. The molecule has 130 valence electrons. The molecule has 3 rings (SSSR count). The number of rotatable bonds is 4. The molecule has 1 atom stereocenters. The van der Waals surface area contributed by atoms with Crippen molar-refractivity contribution in [1.82, 2.24) is 15.3 Å². The first-order valence-corrected chi connectivity index (χ1v) is 8.56. The second kappa shape index (κ2) is 7.45. The summed E-state index contributed by atoms with van der Waals surface area (Å²) in [7, 11) is 0. The second-order valence-corrected chi connectivity index (χ2v) is 6.59. The monoisotopic (exact) mass is 338 g/mol. The van der Waals surface area contributed by atoms with Gasteiger partial charge in [0.2, 0.25) is 5.91 Å². The summed E-state index contributed by atoms with van der Waals surface area (Å²) in [5.74, 6) is 1.08. The van der Waals surface area contributed by atoms with Gasteiger partial charge in [-0.2, -0.15) is 5.26 Å². The van der Waals surface area contributed by atoms with Gasteiger partial charge >= 0.3 is 0 Å². The van der Waals surface area contributed by atoms with E-state index in [9.17, 15) is 4.79 Å². The minimum absolute atomic E-state index is 0.0148. The van der Waals surface area contributed by atoms with Crippen molar-refractivity contribution in [3.63, 3.8) is 0 Å². The topological polar surface area (TPSA) is 103 Å². The lowest BCUT2D eigenvalue weighted by Crippen LogP contribution is -2.37. The van der Waals surface area contributed by atoms with E-state index in [1.165, 1.54) is 0 Å². The molecule has 0 aromatic carbocycles. The van der Waals surface area contributed by atoms with E-state index in [1.54, 1.807) is 12.3 Å². The van der Waals surface area contributed by atoms with Gasteiger partial charge in [0.15, 0.2) is 0 Å². The SMILES string of the molecule is CC(C)Nc1nc(C#N)cc2cnc(NC(=O)[C@H]3CCCNC3)cc12. The van der Waals surface area contributed by atoms with Crippen LogP contribution < -0.4 is 16.0 Å². The largest absolute Gasteiger partial charge is 0.367 e. The maximum absolute atomic E-state index is 12.4. The first-order valence-electron chi connectivity index (χ1n) is 8.56. The number of nitriles is 1. The van der Waals surface area contributed by atoms with E-state index in [-0.39, 0.29) is 17.9 Å². The Morgan fingerprint density at radius 3 is 2.96 bits per heavy atom. The average molecular weight is 338 g/mol. The fourth-order valence-corrected chi connectivity index (χ4v) is 2.96. The van der Waals surface area contributed by atoms with Gasteiger partial charge in [-0.05, 0) is 45.4 Å². The maximum Gasteiger partial charge on any atom is 0.229 e. The van der Waals surface area contributed by atoms with Gasteiger partial charge < -0.3 is 16.0 Å². The quantitative estimate of drug-likeness (QED) is 0.790. The van der Waals surface area contributed by atoms with Crippen LogP contribution in [0.1, 0.15) is 32.4 Å². The molecule has 0 bridgehead atoms. The molecule has 3 heterocycles. The molecule has 7 heteroatoms. The number of carbonyl (C=O) groups excluding carboxylic acids is 1. The van der Waals surface area contributed by atoms with Crippen molar-refractivity contribution >= 4 is 28.3 Å². The van der Waals surface area contributed by atoms with Crippen molar-refractivity contribution < 1.29 is 4.79 Å². The van der Waals surface area contributed by atoms with Crippen molar-refractivity contribution in [1.29, 1.82) is 5.26 Å². The van der Waals surface area contributed by atoms with Gasteiger partial charge in [0.1, 0.15) is 23.4 Å². The van der Waals surface area contributed by atoms with Crippen LogP contribution in [-0.2, 0) is 4.79 Å². The summed E-state index contributed by atoms with van der Waals surface area (Å²) < 4.78 is 0. The molecule has 7 nitrogen and oxygen atoms in total. The molecule has 2 aromatic heterocycles. The van der Waals surface area contributed by atoms with Gasteiger partial charge in [0, 0.05) is 29.6 Å². The standard InChI is InChI=1S/C18H22N6O/c1-11(2)22-17-15-7-16(21-10-13(15)6-14(8-19)23-17)24-18(25)12-4-3-5-20-9-12/h6-7,10-12,20H,3-5,9H2,1-2H3,(H,22,23)(H,21,24,25)/t12-/m0/s1. The van der Waals surface area contributed by atoms with Crippen LogP contribution >= 0.6 is 0 Å². The average Bonchev–Trinajstić information content (AvgIpc) is 2.62. The van der Waals surface area contributed by atoms with Crippen LogP contribution in [-0.4, -0.2) is 35.0 Å². The van der Waals surface area contributed by atoms with Crippen LogP contribution in [0.2, 0.25) is 0 Å². The third kappa shape index (κ3) is 4.03. The summed E-state index contributed by atoms with van der Waals surface area (Å²) >= 11 is 0. The van der Waals surface area contributed by atoms with E-state index in [0.717, 1.165) is 30.2 Å². The van der Waals surface area contributed by atoms with Gasteiger partial charge in [0.05, 0.1) is 5.92 Å². The molecule has 1 fully saturated rings. The zero-order valence-corrected chi connectivity index (χ0v) is 14.5. The Balaban J connectivity index is 1.90. The molecule has 1 saturated heterocycles. The summed E-state index contributed by atoms with van der Waals surface area (Å²) in [6, 6.07) is 5.74. The number of piperidine rings is 1. The van der Waals surface area contributed by atoms with Crippen LogP contribution in [0.25, 0.3) is 10.8 Å². The Hall–Kier alpha value is -2.72. The summed E-state index contributed by atoms with van der Waals surface area (Å²) in [6.07, 6.45) is 3.56. The summed E-state index contributed by atoms with van der Waals surface area (Å²) in [5, 5.41) is 20.2. The van der Waals surface area contributed by atoms with Gasteiger partial charge in [-0.15, -0.1) is 0 Å². The van der Waals surface area contributed by atoms with E-state index in [0.29, 0.717) is 23.9 Å². The minimum atomic E-state index is -0.0291. The van der Waals surface area contributed by atoms with Crippen molar-refractivity contribution in [2.45, 2.75) is 32.7 Å². The zero-order chi connectivity index (χ0) is 17.8. The highest BCUT2D eigenvalue weighted by atomic mass is 16.2. The highest BCUT2D eigenvalue weighted by molar-refractivity contribution is 5.97. The van der Waals surface area contributed by atoms with E-state index in [2.05, 4.69) is 32.0 Å². The second-order valence-electron chi connectivity index (χ2n) is 6.59. The summed E-state index contributed by atoms with van der Waals surface area (Å²) in [5.41, 5.74) is 0.336. The smallest absolute Gasteiger partial charge is 0.229 e. The van der Waals surface area contributed by atoms with Gasteiger partial charge in [-0.25, -0.2) is 9.97 Å². The van der Waals surface area contributed by atoms with Crippen LogP contribution in [0.3, 0.4) is 0 Å². The Kier molecular flexibility index (Phi) is 5.10. The minimum Gasteiger partial charge on any atom is -0.367 e. The molecule has 3 N–H and O–H groups in total. The first kappa shape index (κ1) is 17.1. The fraction of sp³-hybridized carbons (Fsp3) is 0.444. The molecule has 2 aromatic rings. The zero-order valence-electron chi connectivity index (χ0n) is 14.5. The normalized spacial score (nSPS) is 17.3. The van der Waals surface area contributed by atoms with Crippen molar-refractivity contribution in [2.75, 3.05) is 23.7 Å². The Labute approximate surface area is 146 Å². The Morgan fingerprint density at radius 1 is 1.44 bits per heavy atom. The maximum atomic E-state index is 12.4. The van der Waals surface area contributed by atoms with E-state index >= 15 is 0 Å². The highest BCUT2D eigenvalue weighted by Gasteiger charge is 2.21.